The number of aliphatic imine (C=N–C) groups is 1. The van der Waals surface area contributed by atoms with Crippen LogP contribution in [0, 0.1) is 11.8 Å². The van der Waals surface area contributed by atoms with Crippen LogP contribution in [0.5, 0.6) is 0 Å². The maximum atomic E-state index is 12.9. The Hall–Kier alpha value is -4.84. The third kappa shape index (κ3) is 7.21. The zero-order chi connectivity index (χ0) is 35.2. The molecule has 3 aliphatic heterocycles. The fourth-order valence-corrected chi connectivity index (χ4v) is 7.34. The normalized spacial score (nSPS) is 20.0. The molecule has 1 aliphatic carbocycles. The highest BCUT2D eigenvalue weighted by Gasteiger charge is 2.37. The van der Waals surface area contributed by atoms with E-state index >= 15 is 0 Å². The highest BCUT2D eigenvalue weighted by molar-refractivity contribution is 6.02. The highest BCUT2D eigenvalue weighted by Crippen LogP contribution is 2.38. The van der Waals surface area contributed by atoms with E-state index in [4.69, 9.17) is 19.5 Å². The third-order valence-electron chi connectivity index (χ3n) is 9.63. The van der Waals surface area contributed by atoms with Crippen LogP contribution < -0.4 is 0 Å². The Morgan fingerprint density at radius 2 is 1.44 bits per heavy atom. The van der Waals surface area contributed by atoms with Crippen molar-refractivity contribution in [3.8, 4) is 23.1 Å². The number of amides is 2. The second-order valence-electron chi connectivity index (χ2n) is 15.8. The summed E-state index contributed by atoms with van der Waals surface area (Å²) in [5.74, 6) is 7.55. The van der Waals surface area contributed by atoms with Crippen LogP contribution in [0.2, 0.25) is 0 Å². The van der Waals surface area contributed by atoms with E-state index in [0.29, 0.717) is 13.1 Å². The summed E-state index contributed by atoms with van der Waals surface area (Å²) < 4.78 is 11.3. The standard InChI is InChI=1S/C41H47N5O4/c1-40(2,3)49-38(47)45-21-7-9-34(45)33-24-30(25-42-33)28-16-13-26(14-17-28)11-12-27-15-19-31-29(23-27)18-20-32-36(31)44-37(43-32)35-10-8-22-46(35)39(48)50-41(4,5)6/h13-17,19,23,25,34-35H,7-10,18,20-22,24H2,1-6H3,(H,43,44)/t34-,35-/m0/s1. The summed E-state index contributed by atoms with van der Waals surface area (Å²) in [6, 6.07) is 14.6. The first-order valence-corrected chi connectivity index (χ1v) is 17.9. The minimum absolute atomic E-state index is 0.0103. The molecule has 0 bridgehead atoms. The number of hydrogen-bond acceptors (Lipinski definition) is 6. The lowest BCUT2D eigenvalue weighted by Gasteiger charge is -2.28. The molecule has 0 radical (unpaired) electrons. The lowest BCUT2D eigenvalue weighted by atomic mass is 9.91. The van der Waals surface area contributed by atoms with Gasteiger partial charge in [-0.05, 0) is 121 Å². The number of hydrogen-bond donors (Lipinski definition) is 1. The van der Waals surface area contributed by atoms with Crippen molar-refractivity contribution in [2.24, 2.45) is 4.99 Å². The van der Waals surface area contributed by atoms with Crippen molar-refractivity contribution in [1.82, 2.24) is 19.8 Å². The molecule has 2 amide bonds. The van der Waals surface area contributed by atoms with Crippen molar-refractivity contribution in [1.29, 1.82) is 0 Å². The van der Waals surface area contributed by atoms with Gasteiger partial charge >= 0.3 is 12.2 Å². The van der Waals surface area contributed by atoms with Gasteiger partial charge in [-0.1, -0.05) is 30.0 Å². The number of benzene rings is 2. The van der Waals surface area contributed by atoms with Crippen LogP contribution in [0.3, 0.4) is 0 Å². The van der Waals surface area contributed by atoms with Crippen molar-refractivity contribution in [2.45, 2.75) is 110 Å². The zero-order valence-corrected chi connectivity index (χ0v) is 30.1. The van der Waals surface area contributed by atoms with Crippen LogP contribution in [0.1, 0.15) is 113 Å². The molecule has 4 aliphatic rings. The Balaban J connectivity index is 0.992. The number of H-pyrrole nitrogens is 1. The number of nitrogens with one attached hydrogen (secondary N) is 1. The lowest BCUT2D eigenvalue weighted by molar-refractivity contribution is 0.0216. The van der Waals surface area contributed by atoms with E-state index in [9.17, 15) is 9.59 Å². The molecule has 0 unspecified atom stereocenters. The lowest BCUT2D eigenvalue weighted by Crippen LogP contribution is -2.43. The number of nitrogens with zero attached hydrogens (tertiary/aromatic N) is 4. The number of aromatic amines is 1. The van der Waals surface area contributed by atoms with Crippen LogP contribution in [0.4, 0.5) is 9.59 Å². The zero-order valence-electron chi connectivity index (χ0n) is 30.1. The number of carbonyl (C=O) groups excluding carboxylic acids is 2. The summed E-state index contributed by atoms with van der Waals surface area (Å²) in [4.78, 5) is 42.7. The highest BCUT2D eigenvalue weighted by atomic mass is 16.6. The molecule has 9 nitrogen and oxygen atoms in total. The SMILES string of the molecule is CC(C)(C)OC(=O)N1CCC[C@H]1C1=NC=C(c2ccc(C#Cc3ccc4c(c3)CCc3[nH]c([C@@H]5CCCN5C(=O)OC(C)(C)C)nc3-4)cc2)C1. The summed E-state index contributed by atoms with van der Waals surface area (Å²) in [6.45, 7) is 12.8. The van der Waals surface area contributed by atoms with E-state index in [-0.39, 0.29) is 24.3 Å². The van der Waals surface area contributed by atoms with Crippen LogP contribution in [-0.2, 0) is 22.3 Å². The number of ether oxygens (including phenoxy) is 2. The molecular weight excluding hydrogens is 626 g/mol. The second kappa shape index (κ2) is 13.1. The van der Waals surface area contributed by atoms with Gasteiger partial charge in [-0.3, -0.25) is 14.8 Å². The van der Waals surface area contributed by atoms with Crippen molar-refractivity contribution >= 4 is 23.5 Å². The van der Waals surface area contributed by atoms with Gasteiger partial charge < -0.3 is 14.5 Å². The molecule has 9 heteroatoms. The quantitative estimate of drug-likeness (QED) is 0.283. The van der Waals surface area contributed by atoms with Gasteiger partial charge in [0.2, 0.25) is 0 Å². The number of allylic oxidation sites excluding steroid dienone is 1. The summed E-state index contributed by atoms with van der Waals surface area (Å²) in [5.41, 5.74) is 8.63. The Morgan fingerprint density at radius 3 is 2.12 bits per heavy atom. The van der Waals surface area contributed by atoms with Crippen LogP contribution in [-0.4, -0.2) is 68.0 Å². The molecule has 2 saturated heterocycles. The van der Waals surface area contributed by atoms with Crippen molar-refractivity contribution in [3.63, 3.8) is 0 Å². The Labute approximate surface area is 295 Å². The van der Waals surface area contributed by atoms with Crippen molar-refractivity contribution < 1.29 is 19.1 Å². The average Bonchev–Trinajstić information content (AvgIpc) is 3.87. The van der Waals surface area contributed by atoms with Gasteiger partial charge in [0.25, 0.3) is 0 Å². The van der Waals surface area contributed by atoms with Crippen LogP contribution in [0.15, 0.2) is 53.7 Å². The van der Waals surface area contributed by atoms with E-state index in [0.717, 1.165) is 95.7 Å². The average molecular weight is 674 g/mol. The molecule has 4 heterocycles. The summed E-state index contributed by atoms with van der Waals surface area (Å²) >= 11 is 0. The van der Waals surface area contributed by atoms with E-state index in [1.165, 1.54) is 5.56 Å². The summed E-state index contributed by atoms with van der Waals surface area (Å²) in [5, 5.41) is 0. The van der Waals surface area contributed by atoms with Crippen LogP contribution >= 0.6 is 0 Å². The number of fused-ring (bicyclic) bond motifs is 3. The molecule has 0 saturated carbocycles. The molecule has 0 spiro atoms. The first-order valence-electron chi connectivity index (χ1n) is 17.9. The topological polar surface area (TPSA) is 100 Å². The largest absolute Gasteiger partial charge is 0.444 e. The molecule has 7 rings (SSSR count). The predicted octanol–water partition coefficient (Wildman–Crippen LogP) is 8.23. The Morgan fingerprint density at radius 1 is 0.820 bits per heavy atom. The number of aromatic nitrogens is 2. The minimum atomic E-state index is -0.534. The minimum Gasteiger partial charge on any atom is -0.444 e. The predicted molar refractivity (Wildman–Crippen MR) is 195 cm³/mol. The van der Waals surface area contributed by atoms with Crippen molar-refractivity contribution in [2.75, 3.05) is 13.1 Å². The van der Waals surface area contributed by atoms with Gasteiger partial charge in [-0.15, -0.1) is 0 Å². The molecule has 2 aromatic carbocycles. The van der Waals surface area contributed by atoms with E-state index in [2.05, 4.69) is 59.3 Å². The smallest absolute Gasteiger partial charge is 0.410 e. The Bertz CT molecular complexity index is 1930. The number of likely N-dealkylation sites (tertiary alicyclic amines) is 2. The van der Waals surface area contributed by atoms with Gasteiger partial charge in [0.1, 0.15) is 17.0 Å². The van der Waals surface area contributed by atoms with Gasteiger partial charge in [-0.25, -0.2) is 14.6 Å². The molecule has 2 atom stereocenters. The first kappa shape index (κ1) is 33.6. The molecule has 3 aromatic rings. The van der Waals surface area contributed by atoms with Crippen molar-refractivity contribution in [3.05, 3.63) is 82.4 Å². The number of rotatable bonds is 3. The van der Waals surface area contributed by atoms with E-state index in [1.54, 1.807) is 0 Å². The second-order valence-corrected chi connectivity index (χ2v) is 15.8. The van der Waals surface area contributed by atoms with Gasteiger partial charge in [-0.2, -0.15) is 0 Å². The van der Waals surface area contributed by atoms with E-state index < -0.39 is 11.2 Å². The number of imidazole rings is 1. The maximum Gasteiger partial charge on any atom is 0.410 e. The molecule has 2 fully saturated rings. The summed E-state index contributed by atoms with van der Waals surface area (Å²) in [7, 11) is 0. The molecule has 1 N–H and O–H groups in total. The maximum absolute atomic E-state index is 12.9. The monoisotopic (exact) mass is 673 g/mol. The number of aryl methyl sites for hydroxylation is 2. The summed E-state index contributed by atoms with van der Waals surface area (Å²) in [6.07, 6.45) is 7.57. The fourth-order valence-electron chi connectivity index (χ4n) is 7.34. The van der Waals surface area contributed by atoms with Gasteiger partial charge in [0, 0.05) is 53.8 Å². The number of carbonyl (C=O) groups is 2. The molecule has 50 heavy (non-hydrogen) atoms. The first-order chi connectivity index (χ1) is 23.8. The van der Waals surface area contributed by atoms with Gasteiger partial charge in [0.05, 0.1) is 17.8 Å². The molecular formula is C41H47N5O4. The third-order valence-corrected chi connectivity index (χ3v) is 9.63. The Kier molecular flexibility index (Phi) is 8.83. The van der Waals surface area contributed by atoms with Crippen LogP contribution in [0.25, 0.3) is 16.8 Å². The fraction of sp³-hybridized carbons (Fsp3) is 0.463. The molecule has 1 aromatic heterocycles. The molecule has 260 valence electrons. The van der Waals surface area contributed by atoms with Gasteiger partial charge in [0.15, 0.2) is 0 Å². The van der Waals surface area contributed by atoms with E-state index in [1.807, 2.05) is 57.5 Å².